The Labute approximate surface area is 152 Å². The summed E-state index contributed by atoms with van der Waals surface area (Å²) in [6.45, 7) is 9.67. The first-order valence-corrected chi connectivity index (χ1v) is 8.14. The molecule has 0 unspecified atom stereocenters. The van der Waals surface area contributed by atoms with Gasteiger partial charge >= 0.3 is 12.2 Å². The van der Waals surface area contributed by atoms with Gasteiger partial charge in [0, 0.05) is 5.56 Å². The van der Waals surface area contributed by atoms with Gasteiger partial charge in [-0.1, -0.05) is 18.2 Å². The molecule has 7 heteroatoms. The maximum atomic E-state index is 13.6. The topological polar surface area (TPSA) is 55.8 Å². The Balaban J connectivity index is 3.00. The largest absolute Gasteiger partial charge is 0.443 e. The molecule has 0 aromatic heterocycles. The van der Waals surface area contributed by atoms with Gasteiger partial charge in [-0.15, -0.1) is 0 Å². The number of carbonyl (C=O) groups is 2. The molecule has 1 rings (SSSR count). The molecule has 0 saturated carbocycles. The minimum Gasteiger partial charge on any atom is -0.443 e. The van der Waals surface area contributed by atoms with Crippen LogP contribution in [0.5, 0.6) is 0 Å². The summed E-state index contributed by atoms with van der Waals surface area (Å²) in [5.41, 5.74) is -1.90. The molecule has 0 N–H and O–H groups in total. The zero-order valence-electron chi connectivity index (χ0n) is 15.9. The lowest BCUT2D eigenvalue weighted by Crippen LogP contribution is -2.43. The summed E-state index contributed by atoms with van der Waals surface area (Å²) in [5, 5.41) is 0. The number of rotatable bonds is 3. The van der Waals surface area contributed by atoms with E-state index < -0.39 is 35.0 Å². The maximum absolute atomic E-state index is 13.6. The number of carbonyl (C=O) groups excluding carboxylic acids is 2. The molecule has 26 heavy (non-hydrogen) atoms. The molecule has 0 fully saturated rings. The Morgan fingerprint density at radius 2 is 1.38 bits per heavy atom. The van der Waals surface area contributed by atoms with Gasteiger partial charge in [0.1, 0.15) is 22.8 Å². The van der Waals surface area contributed by atoms with Gasteiger partial charge in [-0.05, 0) is 53.7 Å². The van der Waals surface area contributed by atoms with E-state index in [0.717, 1.165) is 23.1 Å². The highest BCUT2D eigenvalue weighted by molar-refractivity contribution is 5.88. The van der Waals surface area contributed by atoms with Crippen molar-refractivity contribution in [1.29, 1.82) is 0 Å². The van der Waals surface area contributed by atoms with Gasteiger partial charge in [-0.2, -0.15) is 0 Å². The Morgan fingerprint density at radius 1 is 0.962 bits per heavy atom. The number of ether oxygens (including phenoxy) is 2. The third-order valence-electron chi connectivity index (χ3n) is 2.80. The molecule has 0 bridgehead atoms. The summed E-state index contributed by atoms with van der Waals surface area (Å²) >= 11 is 0. The predicted octanol–water partition coefficient (Wildman–Crippen LogP) is 5.15. The average Bonchev–Trinajstić information content (AvgIpc) is 2.41. The lowest BCUT2D eigenvalue weighted by Gasteiger charge is -2.28. The first kappa shape index (κ1) is 21.6. The Kier molecular flexibility index (Phi) is 6.89. The van der Waals surface area contributed by atoms with E-state index in [1.165, 1.54) is 12.1 Å². The summed E-state index contributed by atoms with van der Waals surface area (Å²) in [5.74, 6) is -1.50. The molecule has 0 spiro atoms. The van der Waals surface area contributed by atoms with E-state index in [-0.39, 0.29) is 12.1 Å². The summed E-state index contributed by atoms with van der Waals surface area (Å²) in [7, 11) is 0. The van der Waals surface area contributed by atoms with Crippen molar-refractivity contribution in [3.8, 4) is 0 Å². The SMILES string of the molecule is CC(C)(C)OC(=O)N(C/C=C/c1c(F)cccc1F)C(=O)OC(C)(C)C. The lowest BCUT2D eigenvalue weighted by atomic mass is 10.2. The van der Waals surface area contributed by atoms with Crippen LogP contribution < -0.4 is 0 Å². The third-order valence-corrected chi connectivity index (χ3v) is 2.80. The molecule has 0 heterocycles. The first-order valence-electron chi connectivity index (χ1n) is 8.14. The van der Waals surface area contributed by atoms with Gasteiger partial charge in [-0.25, -0.2) is 23.3 Å². The van der Waals surface area contributed by atoms with Crippen molar-refractivity contribution in [2.45, 2.75) is 52.7 Å². The summed E-state index contributed by atoms with van der Waals surface area (Å²) in [4.78, 5) is 25.3. The van der Waals surface area contributed by atoms with Crippen LogP contribution >= 0.6 is 0 Å². The van der Waals surface area contributed by atoms with Crippen molar-refractivity contribution < 1.29 is 27.8 Å². The highest BCUT2D eigenvalue weighted by atomic mass is 19.1. The normalized spacial score (nSPS) is 12.2. The van der Waals surface area contributed by atoms with Crippen LogP contribution in [-0.2, 0) is 9.47 Å². The second-order valence-electron chi connectivity index (χ2n) is 7.61. The summed E-state index contributed by atoms with van der Waals surface area (Å²) < 4.78 is 37.7. The number of imide groups is 1. The average molecular weight is 369 g/mol. The molecule has 0 atom stereocenters. The molecule has 0 saturated heterocycles. The fourth-order valence-electron chi connectivity index (χ4n) is 1.80. The summed E-state index contributed by atoms with van der Waals surface area (Å²) in [6.07, 6.45) is 0.623. The van der Waals surface area contributed by atoms with Crippen LogP contribution in [0.1, 0.15) is 47.1 Å². The molecule has 0 aliphatic heterocycles. The molecule has 144 valence electrons. The molecule has 0 aliphatic carbocycles. The minimum atomic E-state index is -0.912. The van der Waals surface area contributed by atoms with Crippen molar-refractivity contribution in [2.75, 3.05) is 6.54 Å². The zero-order chi connectivity index (χ0) is 20.1. The Bertz CT molecular complexity index is 640. The predicted molar refractivity (Wildman–Crippen MR) is 94.6 cm³/mol. The smallest absolute Gasteiger partial charge is 0.420 e. The third kappa shape index (κ3) is 7.21. The van der Waals surface area contributed by atoms with E-state index in [2.05, 4.69) is 0 Å². The van der Waals surface area contributed by atoms with Crippen molar-refractivity contribution in [1.82, 2.24) is 4.90 Å². The molecular weight excluding hydrogens is 344 g/mol. The van der Waals surface area contributed by atoms with Crippen LogP contribution in [0.3, 0.4) is 0 Å². The summed E-state index contributed by atoms with van der Waals surface area (Å²) in [6, 6.07) is 3.47. The van der Waals surface area contributed by atoms with E-state index in [1.54, 1.807) is 41.5 Å². The molecule has 1 aromatic rings. The number of amides is 2. The monoisotopic (exact) mass is 369 g/mol. The van der Waals surface area contributed by atoms with Crippen LogP contribution in [0, 0.1) is 11.6 Å². The van der Waals surface area contributed by atoms with Gasteiger partial charge in [0.05, 0.1) is 6.54 Å². The quantitative estimate of drug-likeness (QED) is 0.739. The number of nitrogens with zero attached hydrogens (tertiary/aromatic N) is 1. The van der Waals surface area contributed by atoms with Crippen molar-refractivity contribution in [2.24, 2.45) is 0 Å². The van der Waals surface area contributed by atoms with Gasteiger partial charge in [-0.3, -0.25) is 0 Å². The van der Waals surface area contributed by atoms with Crippen molar-refractivity contribution in [3.05, 3.63) is 41.5 Å². The van der Waals surface area contributed by atoms with Gasteiger partial charge in [0.25, 0.3) is 0 Å². The van der Waals surface area contributed by atoms with Gasteiger partial charge in [0.15, 0.2) is 0 Å². The van der Waals surface area contributed by atoms with Gasteiger partial charge in [0.2, 0.25) is 0 Å². The van der Waals surface area contributed by atoms with E-state index in [0.29, 0.717) is 0 Å². The van der Waals surface area contributed by atoms with Crippen molar-refractivity contribution >= 4 is 18.3 Å². The van der Waals surface area contributed by atoms with Crippen LogP contribution in [0.4, 0.5) is 18.4 Å². The fraction of sp³-hybridized carbons (Fsp3) is 0.474. The Hall–Kier alpha value is -2.44. The number of hydrogen-bond acceptors (Lipinski definition) is 4. The van der Waals surface area contributed by atoms with E-state index >= 15 is 0 Å². The van der Waals surface area contributed by atoms with Crippen LogP contribution in [0.15, 0.2) is 24.3 Å². The van der Waals surface area contributed by atoms with E-state index in [9.17, 15) is 18.4 Å². The Morgan fingerprint density at radius 3 is 1.77 bits per heavy atom. The second-order valence-corrected chi connectivity index (χ2v) is 7.61. The fourth-order valence-corrected chi connectivity index (χ4v) is 1.80. The zero-order valence-corrected chi connectivity index (χ0v) is 15.9. The van der Waals surface area contributed by atoms with Crippen LogP contribution in [-0.4, -0.2) is 34.8 Å². The van der Waals surface area contributed by atoms with Crippen LogP contribution in [0.25, 0.3) is 6.08 Å². The first-order chi connectivity index (χ1) is 11.8. The molecule has 1 aromatic carbocycles. The standard InChI is InChI=1S/C19H25F2NO4/c1-18(2,3)25-16(23)22(17(24)26-19(4,5)6)12-8-9-13-14(20)10-7-11-15(13)21/h7-11H,12H2,1-6H3/b9-8+. The van der Waals surface area contributed by atoms with E-state index in [4.69, 9.17) is 9.47 Å². The second kappa shape index (κ2) is 8.29. The highest BCUT2D eigenvalue weighted by Crippen LogP contribution is 2.16. The highest BCUT2D eigenvalue weighted by Gasteiger charge is 2.30. The molecular formula is C19H25F2NO4. The minimum absolute atomic E-state index is 0.263. The van der Waals surface area contributed by atoms with Crippen LogP contribution in [0.2, 0.25) is 0 Å². The number of benzene rings is 1. The lowest BCUT2D eigenvalue weighted by molar-refractivity contribution is 0.00377. The number of halogens is 2. The molecule has 0 aliphatic rings. The molecule has 0 radical (unpaired) electrons. The van der Waals surface area contributed by atoms with Crippen molar-refractivity contribution in [3.63, 3.8) is 0 Å². The molecule has 5 nitrogen and oxygen atoms in total. The molecule has 2 amide bonds. The maximum Gasteiger partial charge on any atom is 0.420 e. The van der Waals surface area contributed by atoms with E-state index in [1.807, 2.05) is 0 Å². The number of hydrogen-bond donors (Lipinski definition) is 0. The van der Waals surface area contributed by atoms with Gasteiger partial charge < -0.3 is 9.47 Å².